The van der Waals surface area contributed by atoms with Crippen LogP contribution in [0.2, 0.25) is 0 Å². The third-order valence-electron chi connectivity index (χ3n) is 4.80. The molecule has 1 heterocycles. The molecule has 3 rings (SSSR count). The molecule has 10 heteroatoms. The number of ether oxygens (including phenoxy) is 2. The van der Waals surface area contributed by atoms with Crippen molar-refractivity contribution in [2.45, 2.75) is 18.1 Å². The van der Waals surface area contributed by atoms with Gasteiger partial charge in [0, 0.05) is 25.1 Å². The Balaban J connectivity index is 1.55. The van der Waals surface area contributed by atoms with E-state index in [4.69, 9.17) is 9.47 Å². The molecule has 0 aliphatic rings. The van der Waals surface area contributed by atoms with Gasteiger partial charge in [0.15, 0.2) is 5.16 Å². The molecule has 178 valence electrons. The van der Waals surface area contributed by atoms with E-state index >= 15 is 0 Å². The summed E-state index contributed by atoms with van der Waals surface area (Å²) in [7, 11) is 3.13. The highest BCUT2D eigenvalue weighted by Gasteiger charge is 2.15. The number of allylic oxidation sites excluding steroid dienone is 1. The Labute approximate surface area is 202 Å². The van der Waals surface area contributed by atoms with Crippen LogP contribution in [-0.4, -0.2) is 53.1 Å². The van der Waals surface area contributed by atoms with Crippen molar-refractivity contribution in [2.75, 3.05) is 31.8 Å². The van der Waals surface area contributed by atoms with Gasteiger partial charge >= 0.3 is 0 Å². The summed E-state index contributed by atoms with van der Waals surface area (Å²) in [6, 6.07) is 14.1. The molecule has 1 aromatic heterocycles. The molecule has 0 radical (unpaired) electrons. The second-order valence-corrected chi connectivity index (χ2v) is 8.01. The van der Waals surface area contributed by atoms with Gasteiger partial charge in [0.2, 0.25) is 5.91 Å². The lowest BCUT2D eigenvalue weighted by Crippen LogP contribution is -2.26. The molecule has 2 amide bonds. The van der Waals surface area contributed by atoms with Gasteiger partial charge in [-0.2, -0.15) is 0 Å². The number of aromatic nitrogens is 3. The van der Waals surface area contributed by atoms with Crippen molar-refractivity contribution in [3.63, 3.8) is 0 Å². The SMILES string of the molecule is C=CCn1c(CCNC(=O)c2ccc(OC)cc2)nnc1SCC(=O)Nc1ccccc1OC. The minimum absolute atomic E-state index is 0.154. The minimum Gasteiger partial charge on any atom is -0.497 e. The fraction of sp³-hybridized carbons (Fsp3) is 0.250. The highest BCUT2D eigenvalue weighted by atomic mass is 32.2. The van der Waals surface area contributed by atoms with Gasteiger partial charge in [0.05, 0.1) is 25.7 Å². The zero-order valence-corrected chi connectivity index (χ0v) is 19.9. The molecule has 34 heavy (non-hydrogen) atoms. The number of nitrogens with one attached hydrogen (secondary N) is 2. The van der Waals surface area contributed by atoms with E-state index in [1.165, 1.54) is 11.8 Å². The summed E-state index contributed by atoms with van der Waals surface area (Å²) < 4.78 is 12.3. The molecule has 0 saturated carbocycles. The van der Waals surface area contributed by atoms with Crippen molar-refractivity contribution < 1.29 is 19.1 Å². The molecular formula is C24H27N5O4S. The van der Waals surface area contributed by atoms with Gasteiger partial charge in [-0.05, 0) is 36.4 Å². The number of thioether (sulfide) groups is 1. The van der Waals surface area contributed by atoms with Crippen molar-refractivity contribution in [3.05, 3.63) is 72.6 Å². The third-order valence-corrected chi connectivity index (χ3v) is 5.77. The maximum atomic E-state index is 12.4. The van der Waals surface area contributed by atoms with Crippen LogP contribution in [0.3, 0.4) is 0 Å². The number of rotatable bonds is 12. The van der Waals surface area contributed by atoms with Gasteiger partial charge in [-0.3, -0.25) is 9.59 Å². The maximum Gasteiger partial charge on any atom is 0.251 e. The van der Waals surface area contributed by atoms with Crippen molar-refractivity contribution in [1.82, 2.24) is 20.1 Å². The van der Waals surface area contributed by atoms with Crippen LogP contribution >= 0.6 is 11.8 Å². The number of carbonyl (C=O) groups excluding carboxylic acids is 2. The van der Waals surface area contributed by atoms with E-state index in [2.05, 4.69) is 27.4 Å². The highest BCUT2D eigenvalue weighted by molar-refractivity contribution is 7.99. The standard InChI is InChI=1S/C24H27N5O4S/c1-4-15-29-21(13-14-25-23(31)17-9-11-18(32-2)12-10-17)27-28-24(29)34-16-22(30)26-19-7-5-6-8-20(19)33-3/h4-12H,1,13-16H2,2-3H3,(H,25,31)(H,26,30). The quantitative estimate of drug-likeness (QED) is 0.302. The Morgan fingerprint density at radius 1 is 1.09 bits per heavy atom. The third kappa shape index (κ3) is 6.61. The molecular weight excluding hydrogens is 454 g/mol. The Morgan fingerprint density at radius 2 is 1.85 bits per heavy atom. The second-order valence-electron chi connectivity index (χ2n) is 7.07. The minimum atomic E-state index is -0.184. The summed E-state index contributed by atoms with van der Waals surface area (Å²) in [5.74, 6) is 1.77. The van der Waals surface area contributed by atoms with E-state index in [1.807, 2.05) is 16.7 Å². The number of anilines is 1. The van der Waals surface area contributed by atoms with Gasteiger partial charge in [-0.25, -0.2) is 0 Å². The van der Waals surface area contributed by atoms with Crippen molar-refractivity contribution in [1.29, 1.82) is 0 Å². The van der Waals surface area contributed by atoms with Crippen LogP contribution in [0.15, 0.2) is 66.3 Å². The normalized spacial score (nSPS) is 10.4. The summed E-state index contributed by atoms with van der Waals surface area (Å²) in [6.07, 6.45) is 2.22. The first-order valence-electron chi connectivity index (χ1n) is 10.6. The van der Waals surface area contributed by atoms with Crippen molar-refractivity contribution in [3.8, 4) is 11.5 Å². The summed E-state index contributed by atoms with van der Waals surface area (Å²) >= 11 is 1.28. The van der Waals surface area contributed by atoms with Gasteiger partial charge in [0.25, 0.3) is 5.91 Å². The largest absolute Gasteiger partial charge is 0.497 e. The lowest BCUT2D eigenvalue weighted by Gasteiger charge is -2.10. The Kier molecular flexibility index (Phi) is 9.10. The maximum absolute atomic E-state index is 12.4. The van der Waals surface area contributed by atoms with E-state index in [0.29, 0.717) is 53.2 Å². The molecule has 2 aromatic carbocycles. The highest BCUT2D eigenvalue weighted by Crippen LogP contribution is 2.24. The van der Waals surface area contributed by atoms with Crippen LogP contribution < -0.4 is 20.1 Å². The lowest BCUT2D eigenvalue weighted by atomic mass is 10.2. The van der Waals surface area contributed by atoms with E-state index in [0.717, 1.165) is 0 Å². The molecule has 9 nitrogen and oxygen atoms in total. The number of para-hydroxylation sites is 2. The topological polar surface area (TPSA) is 107 Å². The molecule has 2 N–H and O–H groups in total. The smallest absolute Gasteiger partial charge is 0.251 e. The van der Waals surface area contributed by atoms with Crippen LogP contribution in [0.5, 0.6) is 11.5 Å². The molecule has 3 aromatic rings. The molecule has 0 spiro atoms. The number of hydrogen-bond acceptors (Lipinski definition) is 7. The Hall–Kier alpha value is -3.79. The first kappa shape index (κ1) is 24.8. The summed E-state index contributed by atoms with van der Waals surface area (Å²) in [5, 5.41) is 14.8. The zero-order chi connectivity index (χ0) is 24.3. The fourth-order valence-electron chi connectivity index (χ4n) is 3.12. The Bertz CT molecular complexity index is 1130. The summed E-state index contributed by atoms with van der Waals surface area (Å²) in [6.45, 7) is 4.67. The Morgan fingerprint density at radius 3 is 2.56 bits per heavy atom. The van der Waals surface area contributed by atoms with Crippen LogP contribution in [0.25, 0.3) is 0 Å². The van der Waals surface area contributed by atoms with Gasteiger partial charge in [-0.1, -0.05) is 30.0 Å². The molecule has 0 fully saturated rings. The molecule has 0 saturated heterocycles. The van der Waals surface area contributed by atoms with E-state index < -0.39 is 0 Å². The summed E-state index contributed by atoms with van der Waals surface area (Å²) in [5.41, 5.74) is 1.15. The molecule has 0 aliphatic carbocycles. The number of methoxy groups -OCH3 is 2. The average molecular weight is 482 g/mol. The average Bonchev–Trinajstić information content (AvgIpc) is 3.24. The molecule has 0 unspecified atom stereocenters. The zero-order valence-electron chi connectivity index (χ0n) is 19.1. The van der Waals surface area contributed by atoms with Gasteiger partial charge < -0.3 is 24.7 Å². The van der Waals surface area contributed by atoms with Gasteiger partial charge in [-0.15, -0.1) is 16.8 Å². The predicted octanol–water partition coefficient (Wildman–Crippen LogP) is 3.18. The van der Waals surface area contributed by atoms with Crippen LogP contribution in [0, 0.1) is 0 Å². The second kappa shape index (κ2) is 12.4. The van der Waals surface area contributed by atoms with E-state index in [9.17, 15) is 9.59 Å². The number of nitrogens with zero attached hydrogens (tertiary/aromatic N) is 3. The number of amides is 2. The van der Waals surface area contributed by atoms with Crippen molar-refractivity contribution >= 4 is 29.3 Å². The van der Waals surface area contributed by atoms with E-state index in [-0.39, 0.29) is 17.6 Å². The molecule has 0 aliphatic heterocycles. The first-order valence-corrected chi connectivity index (χ1v) is 11.5. The van der Waals surface area contributed by atoms with Crippen LogP contribution in [0.1, 0.15) is 16.2 Å². The molecule has 0 atom stereocenters. The van der Waals surface area contributed by atoms with Gasteiger partial charge in [0.1, 0.15) is 17.3 Å². The number of carbonyl (C=O) groups is 2. The number of hydrogen-bond donors (Lipinski definition) is 2. The van der Waals surface area contributed by atoms with Crippen molar-refractivity contribution in [2.24, 2.45) is 0 Å². The van der Waals surface area contributed by atoms with Crippen LogP contribution in [0.4, 0.5) is 5.69 Å². The van der Waals surface area contributed by atoms with E-state index in [1.54, 1.807) is 56.7 Å². The monoisotopic (exact) mass is 481 g/mol. The first-order chi connectivity index (χ1) is 16.5. The molecule has 0 bridgehead atoms. The fourth-order valence-corrected chi connectivity index (χ4v) is 3.89. The predicted molar refractivity (Wildman–Crippen MR) is 132 cm³/mol. The van der Waals surface area contributed by atoms with Crippen LogP contribution in [-0.2, 0) is 17.8 Å². The number of benzene rings is 2. The lowest BCUT2D eigenvalue weighted by molar-refractivity contribution is -0.113. The summed E-state index contributed by atoms with van der Waals surface area (Å²) in [4.78, 5) is 24.8.